The van der Waals surface area contributed by atoms with E-state index in [4.69, 9.17) is 9.47 Å². The van der Waals surface area contributed by atoms with Crippen molar-refractivity contribution in [1.29, 1.82) is 0 Å². The SMILES string of the molecule is CC1(C)C2CCC1(C)C(OC1OC(=O)C(Br)=C1Br)C2. The number of ether oxygens (including phenoxy) is 2. The first kappa shape index (κ1) is 14.1. The van der Waals surface area contributed by atoms with Gasteiger partial charge in [-0.15, -0.1) is 0 Å². The molecule has 2 bridgehead atoms. The second-order valence-corrected chi connectivity index (χ2v) is 8.28. The molecule has 1 heterocycles. The van der Waals surface area contributed by atoms with Crippen LogP contribution < -0.4 is 0 Å². The van der Waals surface area contributed by atoms with Crippen LogP contribution in [0.2, 0.25) is 0 Å². The minimum atomic E-state index is -0.584. The number of esters is 1. The Morgan fingerprint density at radius 2 is 2.00 bits per heavy atom. The van der Waals surface area contributed by atoms with Crippen molar-refractivity contribution in [3.63, 3.8) is 0 Å². The lowest BCUT2D eigenvalue weighted by molar-refractivity contribution is -0.180. The number of carbonyl (C=O) groups is 1. The first-order chi connectivity index (χ1) is 8.77. The highest BCUT2D eigenvalue weighted by molar-refractivity contribution is 9.14. The monoisotopic (exact) mass is 392 g/mol. The van der Waals surface area contributed by atoms with E-state index >= 15 is 0 Å². The van der Waals surface area contributed by atoms with Crippen LogP contribution in [0.15, 0.2) is 8.96 Å². The van der Waals surface area contributed by atoms with Crippen LogP contribution >= 0.6 is 31.9 Å². The summed E-state index contributed by atoms with van der Waals surface area (Å²) < 4.78 is 12.5. The highest BCUT2D eigenvalue weighted by atomic mass is 79.9. The van der Waals surface area contributed by atoms with Crippen LogP contribution in [-0.2, 0) is 14.3 Å². The van der Waals surface area contributed by atoms with Gasteiger partial charge in [0.15, 0.2) is 0 Å². The lowest BCUT2D eigenvalue weighted by atomic mass is 9.70. The standard InChI is InChI=1S/C14H18Br2O3/c1-13(2)7-4-5-14(13,3)8(6-7)18-12-10(16)9(15)11(17)19-12/h7-8,12H,4-6H2,1-3H3. The second-order valence-electron chi connectivity index (χ2n) is 6.63. The Morgan fingerprint density at radius 3 is 2.42 bits per heavy atom. The van der Waals surface area contributed by atoms with Crippen molar-refractivity contribution in [1.82, 2.24) is 0 Å². The third-order valence-electron chi connectivity index (χ3n) is 5.81. The largest absolute Gasteiger partial charge is 0.427 e. The topological polar surface area (TPSA) is 35.5 Å². The summed E-state index contributed by atoms with van der Waals surface area (Å²) in [5.74, 6) is 0.357. The third-order valence-corrected chi connectivity index (χ3v) is 7.87. The average molecular weight is 394 g/mol. The summed E-state index contributed by atoms with van der Waals surface area (Å²) in [5, 5.41) is 0. The molecule has 5 heteroatoms. The Labute approximate surface area is 130 Å². The molecule has 0 aromatic heterocycles. The molecule has 106 valence electrons. The fraction of sp³-hybridized carbons (Fsp3) is 0.786. The minimum absolute atomic E-state index is 0.157. The van der Waals surface area contributed by atoms with Crippen LogP contribution in [0.1, 0.15) is 40.0 Å². The number of carbonyl (C=O) groups excluding carboxylic acids is 1. The Kier molecular flexibility index (Phi) is 3.20. The normalized spacial score (nSPS) is 44.1. The molecule has 0 aromatic carbocycles. The molecule has 4 unspecified atom stereocenters. The number of halogens is 2. The Hall–Kier alpha value is 0.130. The zero-order valence-corrected chi connectivity index (χ0v) is 14.5. The van der Waals surface area contributed by atoms with Gasteiger partial charge >= 0.3 is 5.97 Å². The highest BCUT2D eigenvalue weighted by Crippen LogP contribution is 2.66. The molecule has 2 saturated carbocycles. The van der Waals surface area contributed by atoms with E-state index in [2.05, 4.69) is 52.6 Å². The molecule has 3 rings (SSSR count). The van der Waals surface area contributed by atoms with Crippen LogP contribution in [0.5, 0.6) is 0 Å². The van der Waals surface area contributed by atoms with E-state index in [1.807, 2.05) is 0 Å². The van der Waals surface area contributed by atoms with E-state index < -0.39 is 6.29 Å². The number of hydrogen-bond donors (Lipinski definition) is 0. The van der Waals surface area contributed by atoms with Gasteiger partial charge in [-0.1, -0.05) is 20.8 Å². The third kappa shape index (κ3) is 1.80. The molecule has 0 N–H and O–H groups in total. The van der Waals surface area contributed by atoms with E-state index in [0.29, 0.717) is 20.3 Å². The van der Waals surface area contributed by atoms with E-state index in [-0.39, 0.29) is 17.5 Å². The molecule has 0 amide bonds. The second kappa shape index (κ2) is 4.31. The van der Waals surface area contributed by atoms with Gasteiger partial charge in [0.2, 0.25) is 6.29 Å². The molecule has 4 atom stereocenters. The molecule has 0 spiro atoms. The van der Waals surface area contributed by atoms with Crippen molar-refractivity contribution in [3.8, 4) is 0 Å². The van der Waals surface area contributed by atoms with Gasteiger partial charge in [-0.25, -0.2) is 4.79 Å². The molecule has 19 heavy (non-hydrogen) atoms. The van der Waals surface area contributed by atoms with E-state index in [0.717, 1.165) is 6.42 Å². The summed E-state index contributed by atoms with van der Waals surface area (Å²) in [6.45, 7) is 7.00. The lowest BCUT2D eigenvalue weighted by Gasteiger charge is -2.39. The van der Waals surface area contributed by atoms with Crippen molar-refractivity contribution >= 4 is 37.8 Å². The number of cyclic esters (lactones) is 1. The molecular weight excluding hydrogens is 376 g/mol. The van der Waals surface area contributed by atoms with E-state index in [1.165, 1.54) is 12.8 Å². The molecule has 0 aromatic rings. The van der Waals surface area contributed by atoms with Crippen molar-refractivity contribution in [2.24, 2.45) is 16.7 Å². The minimum Gasteiger partial charge on any atom is -0.427 e. The summed E-state index contributed by atoms with van der Waals surface area (Å²) in [7, 11) is 0. The molecule has 0 saturated heterocycles. The van der Waals surface area contributed by atoms with Crippen molar-refractivity contribution in [2.75, 3.05) is 0 Å². The average Bonchev–Trinajstić information content (AvgIpc) is 2.79. The summed E-state index contributed by atoms with van der Waals surface area (Å²) in [4.78, 5) is 11.5. The zero-order valence-electron chi connectivity index (χ0n) is 11.3. The maximum atomic E-state index is 11.5. The van der Waals surface area contributed by atoms with Gasteiger partial charge in [-0.2, -0.15) is 0 Å². The Bertz CT molecular complexity index is 471. The number of fused-ring (bicyclic) bond motifs is 2. The number of hydrogen-bond acceptors (Lipinski definition) is 3. The zero-order chi connectivity index (χ0) is 14.0. The van der Waals surface area contributed by atoms with Crippen LogP contribution in [-0.4, -0.2) is 18.4 Å². The first-order valence-corrected chi connectivity index (χ1v) is 8.27. The molecule has 2 fully saturated rings. The van der Waals surface area contributed by atoms with Crippen LogP contribution in [0.4, 0.5) is 0 Å². The van der Waals surface area contributed by atoms with Crippen LogP contribution in [0, 0.1) is 16.7 Å². The molecule has 1 aliphatic heterocycles. The molecule has 3 nitrogen and oxygen atoms in total. The molecule has 2 aliphatic carbocycles. The summed E-state index contributed by atoms with van der Waals surface area (Å²) in [5.41, 5.74) is 0.472. The summed E-state index contributed by atoms with van der Waals surface area (Å²) >= 11 is 6.59. The van der Waals surface area contributed by atoms with Gasteiger partial charge < -0.3 is 9.47 Å². The van der Waals surface area contributed by atoms with Gasteiger partial charge in [0.1, 0.15) is 4.48 Å². The molecular formula is C14H18Br2O3. The van der Waals surface area contributed by atoms with Gasteiger partial charge in [0.25, 0.3) is 0 Å². The Morgan fingerprint density at radius 1 is 1.32 bits per heavy atom. The molecule has 0 radical (unpaired) electrons. The fourth-order valence-electron chi connectivity index (χ4n) is 3.97. The van der Waals surface area contributed by atoms with Crippen LogP contribution in [0.3, 0.4) is 0 Å². The lowest BCUT2D eigenvalue weighted by Crippen LogP contribution is -2.39. The van der Waals surface area contributed by atoms with Crippen molar-refractivity contribution in [3.05, 3.63) is 8.96 Å². The number of rotatable bonds is 2. The summed E-state index contributed by atoms with van der Waals surface area (Å²) in [6.07, 6.45) is 3.12. The maximum Gasteiger partial charge on any atom is 0.348 e. The highest BCUT2D eigenvalue weighted by Gasteiger charge is 2.62. The predicted molar refractivity (Wildman–Crippen MR) is 78.9 cm³/mol. The van der Waals surface area contributed by atoms with Crippen LogP contribution in [0.25, 0.3) is 0 Å². The predicted octanol–water partition coefficient (Wildman–Crippen LogP) is 4.10. The van der Waals surface area contributed by atoms with Gasteiger partial charge in [-0.3, -0.25) is 0 Å². The summed E-state index contributed by atoms with van der Waals surface area (Å²) in [6, 6.07) is 0. The fourth-order valence-corrected chi connectivity index (χ4v) is 4.62. The van der Waals surface area contributed by atoms with E-state index in [1.54, 1.807) is 0 Å². The van der Waals surface area contributed by atoms with Gasteiger partial charge in [-0.05, 0) is 67.9 Å². The maximum absolute atomic E-state index is 11.5. The van der Waals surface area contributed by atoms with Gasteiger partial charge in [0.05, 0.1) is 10.6 Å². The quantitative estimate of drug-likeness (QED) is 0.662. The first-order valence-electron chi connectivity index (χ1n) is 6.69. The van der Waals surface area contributed by atoms with E-state index in [9.17, 15) is 4.79 Å². The Balaban J connectivity index is 1.79. The molecule has 3 aliphatic rings. The van der Waals surface area contributed by atoms with Crippen molar-refractivity contribution < 1.29 is 14.3 Å². The van der Waals surface area contributed by atoms with Crippen molar-refractivity contribution in [2.45, 2.75) is 52.4 Å². The smallest absolute Gasteiger partial charge is 0.348 e. The van der Waals surface area contributed by atoms with Gasteiger partial charge in [0, 0.05) is 0 Å².